The van der Waals surface area contributed by atoms with Crippen molar-refractivity contribution in [3.8, 4) is 18.2 Å². The molecule has 1 aromatic carbocycles. The van der Waals surface area contributed by atoms with Gasteiger partial charge in [0.2, 0.25) is 0 Å². The average molecular weight is 360 g/mol. The molecule has 5 heteroatoms. The second-order valence-corrected chi connectivity index (χ2v) is 8.11. The lowest BCUT2D eigenvalue weighted by molar-refractivity contribution is 0.368. The van der Waals surface area contributed by atoms with Crippen LogP contribution < -0.4 is 5.73 Å². The van der Waals surface area contributed by atoms with Crippen LogP contribution >= 0.6 is 11.8 Å². The van der Waals surface area contributed by atoms with Crippen LogP contribution in [0.1, 0.15) is 36.8 Å². The molecule has 0 bridgehead atoms. The number of benzene rings is 1. The molecule has 0 fully saturated rings. The maximum absolute atomic E-state index is 9.97. The van der Waals surface area contributed by atoms with E-state index < -0.39 is 5.41 Å². The molecule has 0 amide bonds. The van der Waals surface area contributed by atoms with Crippen molar-refractivity contribution in [3.63, 3.8) is 0 Å². The van der Waals surface area contributed by atoms with Crippen LogP contribution in [0.15, 0.2) is 47.2 Å². The van der Waals surface area contributed by atoms with Crippen molar-refractivity contribution in [2.24, 2.45) is 17.1 Å². The van der Waals surface area contributed by atoms with E-state index in [0.29, 0.717) is 11.5 Å². The molecule has 1 aliphatic carbocycles. The highest BCUT2D eigenvalue weighted by atomic mass is 32.2. The molecule has 1 heterocycles. The number of fused-ring (bicyclic) bond motifs is 1. The summed E-state index contributed by atoms with van der Waals surface area (Å²) in [6.07, 6.45) is 2.03. The van der Waals surface area contributed by atoms with Gasteiger partial charge in [0.15, 0.2) is 5.41 Å². The number of allylic oxidation sites excluding steroid dienone is 3. The largest absolute Gasteiger partial charge is 0.399 e. The van der Waals surface area contributed by atoms with Gasteiger partial charge in [-0.05, 0) is 22.6 Å². The Labute approximate surface area is 158 Å². The summed E-state index contributed by atoms with van der Waals surface area (Å²) in [5.74, 6) is 1.54. The van der Waals surface area contributed by atoms with Gasteiger partial charge in [0.05, 0.1) is 23.4 Å². The number of hydrogen-bond donors (Lipinski definition) is 1. The van der Waals surface area contributed by atoms with Gasteiger partial charge in [-0.25, -0.2) is 0 Å². The monoisotopic (exact) mass is 360 g/mol. The van der Waals surface area contributed by atoms with E-state index in [1.54, 1.807) is 11.8 Å². The number of thioether (sulfide) groups is 1. The summed E-state index contributed by atoms with van der Waals surface area (Å²) in [6, 6.07) is 14.6. The van der Waals surface area contributed by atoms with Gasteiger partial charge in [0.1, 0.15) is 6.07 Å². The second-order valence-electron chi connectivity index (χ2n) is 7.03. The topological polar surface area (TPSA) is 97.4 Å². The Morgan fingerprint density at radius 3 is 2.35 bits per heavy atom. The molecule has 2 N–H and O–H groups in total. The summed E-state index contributed by atoms with van der Waals surface area (Å²) >= 11 is 1.75. The van der Waals surface area contributed by atoms with Crippen LogP contribution in [0.4, 0.5) is 0 Å². The van der Waals surface area contributed by atoms with E-state index in [1.807, 2.05) is 18.2 Å². The summed E-state index contributed by atoms with van der Waals surface area (Å²) in [6.45, 7) is 4.26. The van der Waals surface area contributed by atoms with Gasteiger partial charge in [0.25, 0.3) is 0 Å². The fourth-order valence-electron chi connectivity index (χ4n) is 3.95. The normalized spacial score (nSPS) is 24.1. The molecule has 1 aromatic rings. The number of nitriles is 3. The third-order valence-corrected chi connectivity index (χ3v) is 6.39. The molecular formula is C21H20N4S. The van der Waals surface area contributed by atoms with Crippen LogP contribution in [0.3, 0.4) is 0 Å². The first-order valence-electron chi connectivity index (χ1n) is 8.61. The third-order valence-electron chi connectivity index (χ3n) is 5.40. The van der Waals surface area contributed by atoms with Crippen LogP contribution in [0.2, 0.25) is 0 Å². The van der Waals surface area contributed by atoms with Crippen molar-refractivity contribution in [2.45, 2.75) is 25.7 Å². The lowest BCUT2D eigenvalue weighted by Crippen LogP contribution is -2.43. The van der Waals surface area contributed by atoms with E-state index in [9.17, 15) is 15.8 Å². The first kappa shape index (κ1) is 18.1. The summed E-state index contributed by atoms with van der Waals surface area (Å²) in [7, 11) is 0. The van der Waals surface area contributed by atoms with E-state index >= 15 is 0 Å². The lowest BCUT2D eigenvalue weighted by atomic mass is 9.59. The standard InChI is InChI=1S/C21H20N4S/c1-13(2)14-3-5-15(6-4-14)19-18-10-26-8-7-16(18)17(9-22)20(25)21(19,11-23)12-24/h3-7,13,18-19H,8,10,25H2,1-2H3/t18-,19+/m1/s1. The van der Waals surface area contributed by atoms with Crippen LogP contribution in [0.25, 0.3) is 0 Å². The van der Waals surface area contributed by atoms with Gasteiger partial charge >= 0.3 is 0 Å². The first-order valence-corrected chi connectivity index (χ1v) is 9.76. The predicted octanol–water partition coefficient (Wildman–Crippen LogP) is 3.97. The predicted molar refractivity (Wildman–Crippen MR) is 103 cm³/mol. The van der Waals surface area contributed by atoms with Crippen LogP contribution in [0.5, 0.6) is 0 Å². The van der Waals surface area contributed by atoms with E-state index in [2.05, 4.69) is 44.2 Å². The first-order chi connectivity index (χ1) is 12.5. The van der Waals surface area contributed by atoms with Gasteiger partial charge < -0.3 is 5.73 Å². The molecule has 0 radical (unpaired) electrons. The molecule has 0 unspecified atom stereocenters. The molecule has 2 atom stereocenters. The number of rotatable bonds is 2. The molecule has 1 aliphatic heterocycles. The zero-order valence-corrected chi connectivity index (χ0v) is 15.7. The highest BCUT2D eigenvalue weighted by Gasteiger charge is 2.53. The fraction of sp³-hybridized carbons (Fsp3) is 0.381. The van der Waals surface area contributed by atoms with Crippen molar-refractivity contribution >= 4 is 11.8 Å². The Bertz CT molecular complexity index is 889. The molecule has 4 nitrogen and oxygen atoms in total. The number of hydrogen-bond acceptors (Lipinski definition) is 5. The van der Waals surface area contributed by atoms with E-state index in [-0.39, 0.29) is 17.5 Å². The Morgan fingerprint density at radius 2 is 1.81 bits per heavy atom. The highest BCUT2D eigenvalue weighted by molar-refractivity contribution is 7.99. The van der Waals surface area contributed by atoms with Gasteiger partial charge in [-0.1, -0.05) is 44.2 Å². The number of nitrogens with zero attached hydrogens (tertiary/aromatic N) is 3. The summed E-state index contributed by atoms with van der Waals surface area (Å²) in [5.41, 5.74) is 8.18. The minimum Gasteiger partial charge on any atom is -0.399 e. The van der Waals surface area contributed by atoms with Gasteiger partial charge in [0, 0.05) is 23.3 Å². The van der Waals surface area contributed by atoms with Gasteiger partial charge in [-0.3, -0.25) is 0 Å². The molecular weight excluding hydrogens is 340 g/mol. The average Bonchev–Trinajstić information content (AvgIpc) is 2.67. The molecule has 0 saturated heterocycles. The van der Waals surface area contributed by atoms with Crippen molar-refractivity contribution in [1.82, 2.24) is 0 Å². The Kier molecular flexibility index (Phi) is 4.82. The molecule has 0 aromatic heterocycles. The van der Waals surface area contributed by atoms with Crippen molar-refractivity contribution < 1.29 is 0 Å². The zero-order chi connectivity index (χ0) is 18.9. The minimum atomic E-state index is -1.52. The Morgan fingerprint density at radius 1 is 1.15 bits per heavy atom. The summed E-state index contributed by atoms with van der Waals surface area (Å²) in [4.78, 5) is 0. The fourth-order valence-corrected chi connectivity index (χ4v) is 5.01. The SMILES string of the molecule is CC(C)c1ccc([C@H]2[C@@H]3CSCC=C3C(C#N)=C(N)C2(C#N)C#N)cc1. The van der Waals surface area contributed by atoms with E-state index in [0.717, 1.165) is 22.6 Å². The van der Waals surface area contributed by atoms with Gasteiger partial charge in [-0.2, -0.15) is 27.5 Å². The van der Waals surface area contributed by atoms with Crippen molar-refractivity contribution in [2.75, 3.05) is 11.5 Å². The Hall–Kier alpha value is -2.68. The van der Waals surface area contributed by atoms with Crippen molar-refractivity contribution in [1.29, 1.82) is 15.8 Å². The van der Waals surface area contributed by atoms with Crippen LogP contribution in [-0.4, -0.2) is 11.5 Å². The smallest absolute Gasteiger partial charge is 0.191 e. The molecule has 0 spiro atoms. The maximum Gasteiger partial charge on any atom is 0.191 e. The highest BCUT2D eigenvalue weighted by Crippen LogP contribution is 2.55. The molecule has 2 aliphatic rings. The van der Waals surface area contributed by atoms with E-state index in [1.165, 1.54) is 5.56 Å². The lowest BCUT2D eigenvalue weighted by Gasteiger charge is -2.43. The Balaban J connectivity index is 2.25. The molecule has 26 heavy (non-hydrogen) atoms. The van der Waals surface area contributed by atoms with Gasteiger partial charge in [-0.15, -0.1) is 0 Å². The summed E-state index contributed by atoms with van der Waals surface area (Å²) in [5, 5.41) is 29.6. The van der Waals surface area contributed by atoms with E-state index in [4.69, 9.17) is 5.73 Å². The quantitative estimate of drug-likeness (QED) is 0.860. The molecule has 3 rings (SSSR count). The second kappa shape index (κ2) is 6.91. The summed E-state index contributed by atoms with van der Waals surface area (Å²) < 4.78 is 0. The van der Waals surface area contributed by atoms with Crippen LogP contribution in [0, 0.1) is 45.3 Å². The van der Waals surface area contributed by atoms with Crippen molar-refractivity contribution in [3.05, 3.63) is 58.3 Å². The zero-order valence-electron chi connectivity index (χ0n) is 14.9. The molecule has 130 valence electrons. The molecule has 0 saturated carbocycles. The maximum atomic E-state index is 9.97. The third kappa shape index (κ3) is 2.59. The van der Waals surface area contributed by atoms with Crippen LogP contribution in [-0.2, 0) is 0 Å². The number of nitrogens with two attached hydrogens (primary N) is 1. The minimum absolute atomic E-state index is 0.0695.